The maximum atomic E-state index is 13.0. The van der Waals surface area contributed by atoms with Crippen molar-refractivity contribution in [1.82, 2.24) is 10.2 Å². The molecule has 3 rings (SSSR count). The number of carboxylic acid groups (broad SMARTS) is 1. The number of halogens is 1. The van der Waals surface area contributed by atoms with Crippen molar-refractivity contribution in [1.29, 1.82) is 0 Å². The lowest BCUT2D eigenvalue weighted by Gasteiger charge is -2.34. The van der Waals surface area contributed by atoms with Crippen LogP contribution in [0, 0.1) is 0 Å². The predicted molar refractivity (Wildman–Crippen MR) is 124 cm³/mol. The minimum absolute atomic E-state index is 0.144. The van der Waals surface area contributed by atoms with Crippen LogP contribution in [-0.4, -0.2) is 53.3 Å². The molecule has 1 atom stereocenters. The largest absolute Gasteiger partial charge is 0.481 e. The van der Waals surface area contributed by atoms with Gasteiger partial charge in [0, 0.05) is 36.1 Å². The van der Waals surface area contributed by atoms with E-state index >= 15 is 0 Å². The van der Waals surface area contributed by atoms with Gasteiger partial charge in [-0.15, -0.1) is 0 Å². The molecule has 8 nitrogen and oxygen atoms in total. The monoisotopic (exact) mass is 469 g/mol. The van der Waals surface area contributed by atoms with E-state index in [-0.39, 0.29) is 13.0 Å². The number of hydrogen-bond donors (Lipinski definition) is 2. The van der Waals surface area contributed by atoms with Crippen LogP contribution in [0.2, 0.25) is 5.02 Å². The van der Waals surface area contributed by atoms with Gasteiger partial charge < -0.3 is 15.3 Å². The number of likely N-dealkylation sites (N-methyl/N-ethyl adjacent to an activating group) is 1. The molecule has 0 saturated heterocycles. The first-order valence-corrected chi connectivity index (χ1v) is 10.7. The first-order valence-electron chi connectivity index (χ1n) is 10.3. The number of hydrogen-bond acceptors (Lipinski definition) is 4. The van der Waals surface area contributed by atoms with Gasteiger partial charge in [0.1, 0.15) is 0 Å². The van der Waals surface area contributed by atoms with Crippen LogP contribution >= 0.6 is 11.6 Å². The van der Waals surface area contributed by atoms with Crippen LogP contribution in [0.3, 0.4) is 0 Å². The lowest BCUT2D eigenvalue weighted by Crippen LogP contribution is -2.58. The molecule has 0 saturated carbocycles. The highest BCUT2D eigenvalue weighted by atomic mass is 35.5. The Hall–Kier alpha value is -3.65. The van der Waals surface area contributed by atoms with Crippen LogP contribution in [0.1, 0.15) is 24.5 Å². The molecule has 172 valence electrons. The molecular weight excluding hydrogens is 446 g/mol. The van der Waals surface area contributed by atoms with Gasteiger partial charge in [-0.1, -0.05) is 41.9 Å². The van der Waals surface area contributed by atoms with Crippen molar-refractivity contribution >= 4 is 41.0 Å². The standard InChI is InChI=1S/C24H24ClN3O5/c1-15-14-27(2)23(32)21(22(15)31)28(24(33)26-12-11-20(29)30)18-9-7-16(8-10-18)13-17-5-3-4-6-19(17)25/h3-10,14,21H,11-13H2,1-2H3,(H,26,33)(H,29,30). The number of aliphatic carboxylic acids is 1. The second kappa shape index (κ2) is 10.3. The molecule has 0 fully saturated rings. The van der Waals surface area contributed by atoms with Crippen molar-refractivity contribution in [3.05, 3.63) is 76.5 Å². The number of urea groups is 1. The van der Waals surface area contributed by atoms with Crippen LogP contribution in [-0.2, 0) is 20.8 Å². The number of rotatable bonds is 7. The Labute approximate surface area is 196 Å². The molecule has 0 spiro atoms. The Balaban J connectivity index is 1.92. The molecule has 0 radical (unpaired) electrons. The fourth-order valence-corrected chi connectivity index (χ4v) is 3.75. The number of amides is 3. The minimum Gasteiger partial charge on any atom is -0.481 e. The Bertz CT molecular complexity index is 1110. The fraction of sp³-hybridized carbons (Fsp3) is 0.250. The summed E-state index contributed by atoms with van der Waals surface area (Å²) < 4.78 is 0. The zero-order valence-electron chi connectivity index (χ0n) is 18.2. The van der Waals surface area contributed by atoms with E-state index in [2.05, 4.69) is 5.32 Å². The fourth-order valence-electron chi connectivity index (χ4n) is 3.55. The molecule has 2 aromatic carbocycles. The van der Waals surface area contributed by atoms with Gasteiger partial charge in [0.25, 0.3) is 5.91 Å². The molecule has 2 aromatic rings. The number of anilines is 1. The molecule has 0 aromatic heterocycles. The van der Waals surface area contributed by atoms with Crippen molar-refractivity contribution in [2.75, 3.05) is 18.5 Å². The Morgan fingerprint density at radius 2 is 1.79 bits per heavy atom. The number of ketones is 1. The number of carbonyl (C=O) groups excluding carboxylic acids is 3. The van der Waals surface area contributed by atoms with Gasteiger partial charge in [0.2, 0.25) is 0 Å². The minimum atomic E-state index is -1.39. The van der Waals surface area contributed by atoms with Crippen LogP contribution < -0.4 is 10.2 Å². The highest BCUT2D eigenvalue weighted by molar-refractivity contribution is 6.31. The van der Waals surface area contributed by atoms with E-state index in [1.807, 2.05) is 18.2 Å². The Kier molecular flexibility index (Phi) is 7.50. The zero-order valence-corrected chi connectivity index (χ0v) is 19.0. The Morgan fingerprint density at radius 3 is 2.42 bits per heavy atom. The predicted octanol–water partition coefficient (Wildman–Crippen LogP) is 3.24. The third-order valence-corrected chi connectivity index (χ3v) is 5.63. The summed E-state index contributed by atoms with van der Waals surface area (Å²) in [5.41, 5.74) is 2.53. The van der Waals surface area contributed by atoms with Gasteiger partial charge in [-0.25, -0.2) is 4.79 Å². The highest BCUT2D eigenvalue weighted by Crippen LogP contribution is 2.26. The van der Waals surface area contributed by atoms with Gasteiger partial charge in [0.05, 0.1) is 6.42 Å². The van der Waals surface area contributed by atoms with Gasteiger partial charge in [-0.3, -0.25) is 19.3 Å². The van der Waals surface area contributed by atoms with E-state index in [1.165, 1.54) is 18.1 Å². The molecule has 1 aliphatic heterocycles. The maximum Gasteiger partial charge on any atom is 0.323 e. The summed E-state index contributed by atoms with van der Waals surface area (Å²) in [4.78, 5) is 51.9. The second-order valence-electron chi connectivity index (χ2n) is 7.71. The topological polar surface area (TPSA) is 107 Å². The molecule has 1 unspecified atom stereocenters. The van der Waals surface area contributed by atoms with Crippen molar-refractivity contribution in [3.8, 4) is 0 Å². The van der Waals surface area contributed by atoms with Crippen molar-refractivity contribution in [3.63, 3.8) is 0 Å². The summed E-state index contributed by atoms with van der Waals surface area (Å²) in [6.07, 6.45) is 1.70. The van der Waals surface area contributed by atoms with Crippen molar-refractivity contribution in [2.24, 2.45) is 0 Å². The molecule has 33 heavy (non-hydrogen) atoms. The van der Waals surface area contributed by atoms with Crippen molar-refractivity contribution < 1.29 is 24.3 Å². The average molecular weight is 470 g/mol. The van der Waals surface area contributed by atoms with Gasteiger partial charge in [0.15, 0.2) is 11.8 Å². The van der Waals surface area contributed by atoms with Gasteiger partial charge in [-0.2, -0.15) is 0 Å². The van der Waals surface area contributed by atoms with Crippen molar-refractivity contribution in [2.45, 2.75) is 25.8 Å². The second-order valence-corrected chi connectivity index (χ2v) is 8.12. The number of carboxylic acids is 1. The normalized spacial score (nSPS) is 15.8. The summed E-state index contributed by atoms with van der Waals surface area (Å²) in [5, 5.41) is 12.0. The number of carbonyl (C=O) groups is 4. The van der Waals surface area contributed by atoms with Gasteiger partial charge >= 0.3 is 12.0 Å². The molecule has 0 bridgehead atoms. The summed E-state index contributed by atoms with van der Waals surface area (Å²) >= 11 is 6.24. The highest BCUT2D eigenvalue weighted by Gasteiger charge is 2.41. The van der Waals surface area contributed by atoms with E-state index in [0.717, 1.165) is 16.0 Å². The molecule has 2 N–H and O–H groups in total. The lowest BCUT2D eigenvalue weighted by molar-refractivity contribution is -0.137. The summed E-state index contributed by atoms with van der Waals surface area (Å²) in [5.74, 6) is -2.13. The number of nitrogens with zero attached hydrogens (tertiary/aromatic N) is 2. The third-order valence-electron chi connectivity index (χ3n) is 5.26. The number of nitrogens with one attached hydrogen (secondary N) is 1. The summed E-state index contributed by atoms with van der Waals surface area (Å²) in [6, 6.07) is 12.2. The summed E-state index contributed by atoms with van der Waals surface area (Å²) in [6.45, 7) is 1.43. The molecule has 3 amide bonds. The third kappa shape index (κ3) is 5.59. The zero-order chi connectivity index (χ0) is 24.1. The van der Waals surface area contributed by atoms with E-state index in [0.29, 0.717) is 22.7 Å². The molecular formula is C24H24ClN3O5. The van der Waals surface area contributed by atoms with Crippen LogP contribution in [0.5, 0.6) is 0 Å². The average Bonchev–Trinajstić information content (AvgIpc) is 2.77. The van der Waals surface area contributed by atoms with Crippen LogP contribution in [0.25, 0.3) is 0 Å². The molecule has 0 aliphatic carbocycles. The SMILES string of the molecule is CC1=CN(C)C(=O)C(N(C(=O)NCCC(=O)O)c2ccc(Cc3ccccc3Cl)cc2)C1=O. The van der Waals surface area contributed by atoms with E-state index in [9.17, 15) is 19.2 Å². The smallest absolute Gasteiger partial charge is 0.323 e. The number of benzene rings is 2. The maximum absolute atomic E-state index is 13.0. The van der Waals surface area contributed by atoms with E-state index in [4.69, 9.17) is 16.7 Å². The Morgan fingerprint density at radius 1 is 1.12 bits per heavy atom. The number of Topliss-reactive ketones (excluding diaryl/α,β-unsaturated/α-hetero) is 1. The van der Waals surface area contributed by atoms with Crippen LogP contribution in [0.4, 0.5) is 10.5 Å². The van der Waals surface area contributed by atoms with Crippen LogP contribution in [0.15, 0.2) is 60.3 Å². The molecule has 1 heterocycles. The first-order chi connectivity index (χ1) is 15.7. The van der Waals surface area contributed by atoms with E-state index < -0.39 is 29.7 Å². The molecule has 1 aliphatic rings. The summed E-state index contributed by atoms with van der Waals surface area (Å²) in [7, 11) is 1.51. The quantitative estimate of drug-likeness (QED) is 0.605. The lowest BCUT2D eigenvalue weighted by atomic mass is 9.99. The molecule has 9 heteroatoms. The first kappa shape index (κ1) is 24.0. The van der Waals surface area contributed by atoms with Gasteiger partial charge in [-0.05, 0) is 42.7 Å². The van der Waals surface area contributed by atoms with E-state index in [1.54, 1.807) is 37.3 Å².